The molecule has 0 aromatic heterocycles. The van der Waals surface area contributed by atoms with E-state index < -0.39 is 6.10 Å². The molecule has 5 heteroatoms. The highest BCUT2D eigenvalue weighted by molar-refractivity contribution is 4.90. The summed E-state index contributed by atoms with van der Waals surface area (Å²) in [6, 6.07) is 0. The summed E-state index contributed by atoms with van der Waals surface area (Å²) >= 11 is 0. The van der Waals surface area contributed by atoms with Crippen LogP contribution in [0, 0.1) is 0 Å². The van der Waals surface area contributed by atoms with E-state index in [0.717, 1.165) is 0 Å². The van der Waals surface area contributed by atoms with Crippen LogP contribution in [0.15, 0.2) is 25.0 Å². The summed E-state index contributed by atoms with van der Waals surface area (Å²) in [7, 11) is 0. The van der Waals surface area contributed by atoms with Crippen molar-refractivity contribution in [1.29, 1.82) is 0 Å². The fourth-order valence-corrected chi connectivity index (χ4v) is 1.50. The lowest BCUT2D eigenvalue weighted by Gasteiger charge is -2.20. The van der Waals surface area contributed by atoms with Crippen LogP contribution in [0.2, 0.25) is 0 Å². The normalized spacial score (nSPS) is 16.6. The Morgan fingerprint density at radius 3 is 1.82 bits per heavy atom. The predicted octanol–water partition coefficient (Wildman–Crippen LogP) is 2.69. The van der Waals surface area contributed by atoms with E-state index in [9.17, 15) is 0 Å². The first-order valence-electron chi connectivity index (χ1n) is 7.79. The molecule has 0 fully saturated rings. The van der Waals surface area contributed by atoms with Crippen LogP contribution < -0.4 is 0 Å². The maximum absolute atomic E-state index is 9.14. The summed E-state index contributed by atoms with van der Waals surface area (Å²) in [6.45, 7) is 16.7. The van der Waals surface area contributed by atoms with E-state index in [0.29, 0.717) is 38.6 Å². The van der Waals surface area contributed by atoms with E-state index in [1.54, 1.807) is 13.0 Å². The van der Waals surface area contributed by atoms with E-state index in [-0.39, 0.29) is 18.3 Å². The maximum Gasteiger partial charge on any atom is 0.114 e. The van der Waals surface area contributed by atoms with E-state index in [1.165, 1.54) is 0 Å². The zero-order valence-electron chi connectivity index (χ0n) is 14.4. The molecular weight excluding hydrogens is 284 g/mol. The Labute approximate surface area is 134 Å². The molecule has 0 aromatic carbocycles. The highest BCUT2D eigenvalue weighted by Crippen LogP contribution is 2.05. The summed E-state index contributed by atoms with van der Waals surface area (Å²) in [6.07, 6.45) is 1.83. The molecule has 0 radical (unpaired) electrons. The molecule has 5 nitrogen and oxygen atoms in total. The average Bonchev–Trinajstić information content (AvgIpc) is 2.46. The second-order valence-electron chi connectivity index (χ2n) is 5.62. The molecule has 0 amide bonds. The van der Waals surface area contributed by atoms with Gasteiger partial charge in [-0.25, -0.2) is 0 Å². The van der Waals surface area contributed by atoms with Gasteiger partial charge in [-0.15, -0.1) is 6.58 Å². The van der Waals surface area contributed by atoms with Gasteiger partial charge in [-0.05, 0) is 27.7 Å². The second-order valence-corrected chi connectivity index (χ2v) is 5.62. The molecule has 0 aromatic rings. The van der Waals surface area contributed by atoms with Crippen molar-refractivity contribution in [2.45, 2.75) is 58.5 Å². The maximum atomic E-state index is 9.14. The third-order valence-electron chi connectivity index (χ3n) is 2.75. The van der Waals surface area contributed by atoms with Crippen LogP contribution in [-0.2, 0) is 18.9 Å². The van der Waals surface area contributed by atoms with Crippen molar-refractivity contribution >= 4 is 0 Å². The molecule has 4 atom stereocenters. The van der Waals surface area contributed by atoms with Crippen molar-refractivity contribution in [1.82, 2.24) is 0 Å². The Morgan fingerprint density at radius 2 is 1.36 bits per heavy atom. The summed E-state index contributed by atoms with van der Waals surface area (Å²) in [5.41, 5.74) is 0. The Morgan fingerprint density at radius 1 is 0.909 bits per heavy atom. The molecule has 1 N–H and O–H groups in total. The second kappa shape index (κ2) is 12.6. The molecule has 0 saturated heterocycles. The number of hydrogen-bond donors (Lipinski definition) is 1. The van der Waals surface area contributed by atoms with E-state index in [4.69, 9.17) is 24.1 Å². The molecule has 0 bridgehead atoms. The Bertz CT molecular complexity index is 303. The standard InChI is InChI=1S/C17H32O5/c1-7-8-14(3)20-10-16(5)22-12-17(6)21-11-15(4)19-9-13(2)18/h7,13,15-18H,1,3,8-12H2,2,4-6H3. The molecule has 130 valence electrons. The number of aliphatic hydroxyl groups excluding tert-OH is 1. The zero-order chi connectivity index (χ0) is 17.0. The van der Waals surface area contributed by atoms with Gasteiger partial charge in [-0.3, -0.25) is 0 Å². The first kappa shape index (κ1) is 21.1. The number of rotatable bonds is 14. The largest absolute Gasteiger partial charge is 0.496 e. The van der Waals surface area contributed by atoms with Crippen molar-refractivity contribution in [3.05, 3.63) is 25.0 Å². The van der Waals surface area contributed by atoms with Gasteiger partial charge in [0.1, 0.15) is 6.61 Å². The van der Waals surface area contributed by atoms with E-state index in [1.807, 2.05) is 20.8 Å². The van der Waals surface area contributed by atoms with E-state index in [2.05, 4.69) is 13.2 Å². The van der Waals surface area contributed by atoms with Crippen molar-refractivity contribution in [2.75, 3.05) is 26.4 Å². The molecule has 4 unspecified atom stereocenters. The Kier molecular flexibility index (Phi) is 12.1. The number of ether oxygens (including phenoxy) is 4. The van der Waals surface area contributed by atoms with Crippen molar-refractivity contribution in [3.8, 4) is 0 Å². The van der Waals surface area contributed by atoms with Gasteiger partial charge in [0.05, 0.1) is 50.0 Å². The lowest BCUT2D eigenvalue weighted by molar-refractivity contribution is -0.0838. The van der Waals surface area contributed by atoms with Crippen LogP contribution in [0.1, 0.15) is 34.1 Å². The van der Waals surface area contributed by atoms with Crippen LogP contribution in [-0.4, -0.2) is 55.9 Å². The smallest absolute Gasteiger partial charge is 0.114 e. The minimum atomic E-state index is -0.458. The van der Waals surface area contributed by atoms with Gasteiger partial charge >= 0.3 is 0 Å². The van der Waals surface area contributed by atoms with Crippen LogP contribution in [0.3, 0.4) is 0 Å². The molecule has 0 rings (SSSR count). The summed E-state index contributed by atoms with van der Waals surface area (Å²) in [4.78, 5) is 0. The van der Waals surface area contributed by atoms with Gasteiger partial charge in [0.25, 0.3) is 0 Å². The van der Waals surface area contributed by atoms with Gasteiger partial charge in [0.15, 0.2) is 0 Å². The lowest BCUT2D eigenvalue weighted by Crippen LogP contribution is -2.27. The quantitative estimate of drug-likeness (QED) is 0.394. The van der Waals surface area contributed by atoms with Crippen LogP contribution in [0.5, 0.6) is 0 Å². The van der Waals surface area contributed by atoms with E-state index >= 15 is 0 Å². The minimum Gasteiger partial charge on any atom is -0.496 e. The van der Waals surface area contributed by atoms with Gasteiger partial charge in [-0.1, -0.05) is 12.7 Å². The van der Waals surface area contributed by atoms with Crippen molar-refractivity contribution in [2.24, 2.45) is 0 Å². The Balaban J connectivity index is 3.68. The first-order chi connectivity index (χ1) is 10.3. The molecule has 0 aliphatic heterocycles. The molecule has 0 saturated carbocycles. The molecular formula is C17H32O5. The third-order valence-corrected chi connectivity index (χ3v) is 2.75. The minimum absolute atomic E-state index is 0.0310. The number of aliphatic hydroxyl groups is 1. The topological polar surface area (TPSA) is 57.2 Å². The summed E-state index contributed by atoms with van der Waals surface area (Å²) < 4.78 is 22.2. The lowest BCUT2D eigenvalue weighted by atomic mass is 10.3. The van der Waals surface area contributed by atoms with Gasteiger partial charge < -0.3 is 24.1 Å². The summed E-state index contributed by atoms with van der Waals surface area (Å²) in [5.74, 6) is 0.693. The number of allylic oxidation sites excluding steroid dienone is 1. The molecule has 22 heavy (non-hydrogen) atoms. The predicted molar refractivity (Wildman–Crippen MR) is 87.8 cm³/mol. The van der Waals surface area contributed by atoms with Crippen LogP contribution in [0.25, 0.3) is 0 Å². The fraction of sp³-hybridized carbons (Fsp3) is 0.765. The van der Waals surface area contributed by atoms with Gasteiger partial charge in [-0.2, -0.15) is 0 Å². The molecule has 0 heterocycles. The van der Waals surface area contributed by atoms with Crippen molar-refractivity contribution < 1.29 is 24.1 Å². The number of hydrogen-bond acceptors (Lipinski definition) is 5. The molecule has 0 spiro atoms. The zero-order valence-corrected chi connectivity index (χ0v) is 14.4. The first-order valence-corrected chi connectivity index (χ1v) is 7.79. The third kappa shape index (κ3) is 12.8. The van der Waals surface area contributed by atoms with Gasteiger partial charge in [0, 0.05) is 6.42 Å². The van der Waals surface area contributed by atoms with Crippen molar-refractivity contribution in [3.63, 3.8) is 0 Å². The fourth-order valence-electron chi connectivity index (χ4n) is 1.50. The highest BCUT2D eigenvalue weighted by Gasteiger charge is 2.11. The monoisotopic (exact) mass is 316 g/mol. The van der Waals surface area contributed by atoms with Gasteiger partial charge in [0.2, 0.25) is 0 Å². The summed E-state index contributed by atoms with van der Waals surface area (Å²) in [5, 5.41) is 9.14. The SMILES string of the molecule is C=CCC(=C)OCC(C)OCC(C)OCC(C)OCC(C)O. The molecule has 0 aliphatic carbocycles. The average molecular weight is 316 g/mol. The Hall–Kier alpha value is -0.880. The highest BCUT2D eigenvalue weighted by atomic mass is 16.6. The molecule has 0 aliphatic rings. The van der Waals surface area contributed by atoms with Crippen LogP contribution in [0.4, 0.5) is 0 Å². The van der Waals surface area contributed by atoms with Crippen LogP contribution >= 0.6 is 0 Å².